The molecule has 0 aromatic heterocycles. The van der Waals surface area contributed by atoms with E-state index in [0.29, 0.717) is 17.7 Å². The number of nitro benzene ring substituents is 1. The molecule has 0 fully saturated rings. The molecule has 0 radical (unpaired) electrons. The third-order valence-electron chi connectivity index (χ3n) is 4.39. The summed E-state index contributed by atoms with van der Waals surface area (Å²) in [6.45, 7) is -2.27. The molecule has 0 heterocycles. The Morgan fingerprint density at radius 3 is 2.24 bits per heavy atom. The van der Waals surface area contributed by atoms with Crippen molar-refractivity contribution in [2.45, 2.75) is 24.6 Å². The molecule has 14 heteroatoms. The Labute approximate surface area is 187 Å². The summed E-state index contributed by atoms with van der Waals surface area (Å²) in [6, 6.07) is 5.75. The highest BCUT2D eigenvalue weighted by Gasteiger charge is 2.58. The van der Waals surface area contributed by atoms with E-state index < -0.39 is 64.4 Å². The number of rotatable bonds is 9. The largest absolute Gasteiger partial charge is 0.480 e. The maximum atomic E-state index is 13.2. The van der Waals surface area contributed by atoms with Crippen LogP contribution in [0.4, 0.5) is 32.0 Å². The van der Waals surface area contributed by atoms with Crippen molar-refractivity contribution >= 4 is 17.6 Å². The fourth-order valence-corrected chi connectivity index (χ4v) is 2.61. The van der Waals surface area contributed by atoms with Crippen LogP contribution in [0.3, 0.4) is 0 Å². The molecule has 0 spiro atoms. The standard InChI is InChI=1S/C20H16F6N2O6/c1-33-18(30)14(8-11-2-5-13(21)6-3-11)27-17(29)12-4-7-15(28(31)32)16(9-12)34-10-19(22,23)20(24,25)26/h2-7,9,14H,8,10H2,1H3,(H,27,29)/t14-/m0/s1. The fraction of sp³-hybridized carbons (Fsp3) is 0.300. The van der Waals surface area contributed by atoms with Crippen molar-refractivity contribution in [3.05, 3.63) is 69.5 Å². The monoisotopic (exact) mass is 494 g/mol. The van der Waals surface area contributed by atoms with Crippen molar-refractivity contribution in [3.63, 3.8) is 0 Å². The lowest BCUT2D eigenvalue weighted by Gasteiger charge is -2.20. The minimum absolute atomic E-state index is 0.146. The van der Waals surface area contributed by atoms with Crippen LogP contribution in [0.15, 0.2) is 42.5 Å². The van der Waals surface area contributed by atoms with Gasteiger partial charge in [-0.15, -0.1) is 0 Å². The molecular formula is C20H16F6N2O6. The van der Waals surface area contributed by atoms with Gasteiger partial charge >= 0.3 is 23.8 Å². The van der Waals surface area contributed by atoms with Gasteiger partial charge < -0.3 is 14.8 Å². The zero-order chi connectivity index (χ0) is 25.7. The van der Waals surface area contributed by atoms with Gasteiger partial charge in [-0.05, 0) is 23.8 Å². The second kappa shape index (κ2) is 10.4. The van der Waals surface area contributed by atoms with Crippen molar-refractivity contribution in [2.24, 2.45) is 0 Å². The quantitative estimate of drug-likeness (QED) is 0.246. The molecule has 0 bridgehead atoms. The first-order chi connectivity index (χ1) is 15.7. The summed E-state index contributed by atoms with van der Waals surface area (Å²) >= 11 is 0. The third kappa shape index (κ3) is 6.59. The number of carbonyl (C=O) groups is 2. The number of methoxy groups -OCH3 is 1. The minimum Gasteiger partial charge on any atom is -0.480 e. The molecular weight excluding hydrogens is 478 g/mol. The highest BCUT2D eigenvalue weighted by atomic mass is 19.4. The molecule has 0 aliphatic rings. The number of alkyl halides is 5. The van der Waals surface area contributed by atoms with Gasteiger partial charge in [-0.25, -0.2) is 9.18 Å². The molecule has 0 unspecified atom stereocenters. The summed E-state index contributed by atoms with van der Waals surface area (Å²) in [5.74, 6) is -8.82. The van der Waals surface area contributed by atoms with Crippen LogP contribution in [0.2, 0.25) is 0 Å². The van der Waals surface area contributed by atoms with Gasteiger partial charge in [-0.1, -0.05) is 12.1 Å². The number of carbonyl (C=O) groups excluding carboxylic acids is 2. The number of amides is 1. The number of nitrogens with one attached hydrogen (secondary N) is 1. The molecule has 1 N–H and O–H groups in total. The summed E-state index contributed by atoms with van der Waals surface area (Å²) in [5.41, 5.74) is -0.978. The van der Waals surface area contributed by atoms with Gasteiger partial charge in [0, 0.05) is 24.1 Å². The number of ether oxygens (including phenoxy) is 2. The summed E-state index contributed by atoms with van der Waals surface area (Å²) in [5, 5.41) is 13.3. The van der Waals surface area contributed by atoms with E-state index in [1.165, 1.54) is 12.1 Å². The Balaban J connectivity index is 2.27. The molecule has 0 saturated heterocycles. The van der Waals surface area contributed by atoms with E-state index in [1.54, 1.807) is 0 Å². The Hall–Kier alpha value is -3.84. The predicted octanol–water partition coefficient (Wildman–Crippen LogP) is 3.82. The number of halogens is 6. The Kier molecular flexibility index (Phi) is 8.08. The first-order valence-corrected chi connectivity index (χ1v) is 9.24. The van der Waals surface area contributed by atoms with Crippen LogP contribution in [0.25, 0.3) is 0 Å². The van der Waals surface area contributed by atoms with Crippen LogP contribution in [-0.4, -0.2) is 48.7 Å². The van der Waals surface area contributed by atoms with E-state index in [-0.39, 0.29) is 6.42 Å². The molecule has 184 valence electrons. The fourth-order valence-electron chi connectivity index (χ4n) is 2.61. The number of benzene rings is 2. The Morgan fingerprint density at radius 1 is 1.09 bits per heavy atom. The third-order valence-corrected chi connectivity index (χ3v) is 4.39. The average Bonchev–Trinajstić information content (AvgIpc) is 2.77. The summed E-state index contributed by atoms with van der Waals surface area (Å²) in [4.78, 5) is 34.6. The van der Waals surface area contributed by atoms with Crippen molar-refractivity contribution in [1.29, 1.82) is 0 Å². The average molecular weight is 494 g/mol. The van der Waals surface area contributed by atoms with E-state index in [0.717, 1.165) is 25.3 Å². The van der Waals surface area contributed by atoms with Crippen LogP contribution < -0.4 is 10.1 Å². The first-order valence-electron chi connectivity index (χ1n) is 9.24. The number of esters is 1. The normalized spacial score (nSPS) is 12.6. The van der Waals surface area contributed by atoms with Gasteiger partial charge in [-0.2, -0.15) is 22.0 Å². The lowest BCUT2D eigenvalue weighted by molar-refractivity contribution is -0.386. The van der Waals surface area contributed by atoms with Gasteiger partial charge in [0.2, 0.25) is 0 Å². The smallest absolute Gasteiger partial charge is 0.456 e. The molecule has 1 atom stereocenters. The molecule has 0 aliphatic heterocycles. The second-order valence-electron chi connectivity index (χ2n) is 6.81. The van der Waals surface area contributed by atoms with Crippen LogP contribution in [-0.2, 0) is 16.0 Å². The molecule has 1 amide bonds. The Bertz CT molecular complexity index is 1060. The maximum Gasteiger partial charge on any atom is 0.456 e. The van der Waals surface area contributed by atoms with E-state index in [4.69, 9.17) is 0 Å². The lowest BCUT2D eigenvalue weighted by Crippen LogP contribution is -2.43. The maximum absolute atomic E-state index is 13.2. The van der Waals surface area contributed by atoms with Crippen LogP contribution in [0, 0.1) is 15.9 Å². The minimum atomic E-state index is -5.97. The number of nitro groups is 1. The number of hydrogen-bond donors (Lipinski definition) is 1. The molecule has 2 aromatic carbocycles. The van der Waals surface area contributed by atoms with Crippen LogP contribution in [0.1, 0.15) is 15.9 Å². The molecule has 0 saturated carbocycles. The molecule has 2 aromatic rings. The van der Waals surface area contributed by atoms with Gasteiger partial charge in [-0.3, -0.25) is 14.9 Å². The van der Waals surface area contributed by atoms with Gasteiger partial charge in [0.15, 0.2) is 12.4 Å². The van der Waals surface area contributed by atoms with Crippen LogP contribution >= 0.6 is 0 Å². The highest BCUT2D eigenvalue weighted by Crippen LogP contribution is 2.37. The van der Waals surface area contributed by atoms with Crippen molar-refractivity contribution in [2.75, 3.05) is 13.7 Å². The van der Waals surface area contributed by atoms with E-state index in [1.807, 2.05) is 0 Å². The second-order valence-corrected chi connectivity index (χ2v) is 6.81. The van der Waals surface area contributed by atoms with Crippen LogP contribution in [0.5, 0.6) is 5.75 Å². The van der Waals surface area contributed by atoms with E-state index in [2.05, 4.69) is 14.8 Å². The molecule has 0 aliphatic carbocycles. The highest BCUT2D eigenvalue weighted by molar-refractivity contribution is 5.97. The molecule has 2 rings (SSSR count). The topological polar surface area (TPSA) is 108 Å². The summed E-state index contributed by atoms with van der Waals surface area (Å²) < 4.78 is 85.4. The SMILES string of the molecule is COC(=O)[C@H](Cc1ccc(F)cc1)NC(=O)c1ccc([N+](=O)[O-])c(OCC(F)(F)C(F)(F)F)c1. The summed E-state index contributed by atoms with van der Waals surface area (Å²) in [7, 11) is 1.03. The van der Waals surface area contributed by atoms with Gasteiger partial charge in [0.05, 0.1) is 12.0 Å². The van der Waals surface area contributed by atoms with E-state index in [9.17, 15) is 46.0 Å². The van der Waals surface area contributed by atoms with Crippen molar-refractivity contribution in [1.82, 2.24) is 5.32 Å². The van der Waals surface area contributed by atoms with Crippen molar-refractivity contribution in [3.8, 4) is 5.75 Å². The predicted molar refractivity (Wildman–Crippen MR) is 103 cm³/mol. The van der Waals surface area contributed by atoms with Crippen molar-refractivity contribution < 1.29 is 50.3 Å². The van der Waals surface area contributed by atoms with Gasteiger partial charge in [0.1, 0.15) is 11.9 Å². The molecule has 8 nitrogen and oxygen atoms in total. The van der Waals surface area contributed by atoms with Gasteiger partial charge in [0.25, 0.3) is 5.91 Å². The molecule has 34 heavy (non-hydrogen) atoms. The van der Waals surface area contributed by atoms with E-state index >= 15 is 0 Å². The zero-order valence-corrected chi connectivity index (χ0v) is 17.2. The summed E-state index contributed by atoms with van der Waals surface area (Å²) in [6.07, 6.45) is -6.11. The first kappa shape index (κ1) is 26.4. The number of nitrogens with zero attached hydrogens (tertiary/aromatic N) is 1. The lowest BCUT2D eigenvalue weighted by atomic mass is 10.0. The Morgan fingerprint density at radius 2 is 1.71 bits per heavy atom. The zero-order valence-electron chi connectivity index (χ0n) is 17.2. The number of hydrogen-bond acceptors (Lipinski definition) is 6.